The van der Waals surface area contributed by atoms with Gasteiger partial charge in [-0.05, 0) is 18.2 Å². The molecule has 2 aliphatic heterocycles. The SMILES string of the molecule is CN1CC[C@@](O)(C#Cc2cccc(N3CCc4ncnc(N)c4C3)c2)C1=O. The largest absolute Gasteiger partial charge is 0.383 e. The van der Waals surface area contributed by atoms with Gasteiger partial charge in [-0.15, -0.1) is 0 Å². The molecule has 1 aromatic carbocycles. The second-order valence-electron chi connectivity index (χ2n) is 6.99. The Bertz CT molecular complexity index is 964. The van der Waals surface area contributed by atoms with Crippen LogP contribution in [0.25, 0.3) is 0 Å². The predicted octanol–water partition coefficient (Wildman–Crippen LogP) is 0.566. The smallest absolute Gasteiger partial charge is 0.267 e. The van der Waals surface area contributed by atoms with Crippen LogP contribution in [0.5, 0.6) is 0 Å². The fraction of sp³-hybridized carbons (Fsp3) is 0.350. The number of benzene rings is 1. The van der Waals surface area contributed by atoms with Gasteiger partial charge in [0.1, 0.15) is 12.1 Å². The molecule has 7 heteroatoms. The number of nitrogens with zero attached hydrogens (tertiary/aromatic N) is 4. The molecule has 7 nitrogen and oxygen atoms in total. The summed E-state index contributed by atoms with van der Waals surface area (Å²) in [6.07, 6.45) is 2.64. The lowest BCUT2D eigenvalue weighted by atomic mass is 10.0. The number of rotatable bonds is 1. The summed E-state index contributed by atoms with van der Waals surface area (Å²) in [7, 11) is 1.67. The molecule has 0 radical (unpaired) electrons. The molecule has 0 spiro atoms. The summed E-state index contributed by atoms with van der Waals surface area (Å²) in [4.78, 5) is 24.2. The first-order chi connectivity index (χ1) is 13.0. The molecule has 2 aromatic rings. The molecule has 3 N–H and O–H groups in total. The summed E-state index contributed by atoms with van der Waals surface area (Å²) in [5.41, 5.74) is 8.16. The third-order valence-corrected chi connectivity index (χ3v) is 5.17. The van der Waals surface area contributed by atoms with Gasteiger partial charge in [-0.2, -0.15) is 0 Å². The van der Waals surface area contributed by atoms with Crippen molar-refractivity contribution < 1.29 is 9.90 Å². The van der Waals surface area contributed by atoms with Gasteiger partial charge in [-0.3, -0.25) is 4.79 Å². The minimum absolute atomic E-state index is 0.331. The van der Waals surface area contributed by atoms with Crippen LogP contribution < -0.4 is 10.6 Å². The zero-order chi connectivity index (χ0) is 19.0. The van der Waals surface area contributed by atoms with Crippen LogP contribution in [0.15, 0.2) is 30.6 Å². The highest BCUT2D eigenvalue weighted by Gasteiger charge is 2.42. The molecule has 1 amide bonds. The van der Waals surface area contributed by atoms with Crippen molar-refractivity contribution in [2.75, 3.05) is 30.8 Å². The highest BCUT2D eigenvalue weighted by atomic mass is 16.3. The number of likely N-dealkylation sites (N-methyl/N-ethyl adjacent to an activating group) is 1. The van der Waals surface area contributed by atoms with E-state index >= 15 is 0 Å². The predicted molar refractivity (Wildman–Crippen MR) is 102 cm³/mol. The third-order valence-electron chi connectivity index (χ3n) is 5.17. The molecule has 1 aromatic heterocycles. The highest BCUT2D eigenvalue weighted by molar-refractivity contribution is 5.90. The van der Waals surface area contributed by atoms with Crippen LogP contribution in [-0.4, -0.2) is 51.6 Å². The maximum atomic E-state index is 12.1. The number of anilines is 2. The van der Waals surface area contributed by atoms with E-state index in [0.717, 1.165) is 35.5 Å². The van der Waals surface area contributed by atoms with Crippen LogP contribution >= 0.6 is 0 Å². The Hall–Kier alpha value is -3.11. The molecular formula is C20H21N5O2. The molecule has 3 heterocycles. The quantitative estimate of drug-likeness (QED) is 0.719. The minimum atomic E-state index is -1.58. The van der Waals surface area contributed by atoms with Gasteiger partial charge >= 0.3 is 0 Å². The van der Waals surface area contributed by atoms with Crippen LogP contribution in [0.4, 0.5) is 11.5 Å². The summed E-state index contributed by atoms with van der Waals surface area (Å²) in [5, 5.41) is 10.4. The van der Waals surface area contributed by atoms with Crippen LogP contribution in [-0.2, 0) is 17.8 Å². The number of carbonyl (C=O) groups is 1. The zero-order valence-electron chi connectivity index (χ0n) is 15.1. The summed E-state index contributed by atoms with van der Waals surface area (Å²) in [6, 6.07) is 7.77. The third kappa shape index (κ3) is 3.20. The zero-order valence-corrected chi connectivity index (χ0v) is 15.1. The second-order valence-corrected chi connectivity index (χ2v) is 6.99. The van der Waals surface area contributed by atoms with E-state index in [0.29, 0.717) is 25.3 Å². The number of aliphatic hydroxyl groups is 1. The summed E-state index contributed by atoms with van der Waals surface area (Å²) >= 11 is 0. The first-order valence-corrected chi connectivity index (χ1v) is 8.91. The Balaban J connectivity index is 1.57. The van der Waals surface area contributed by atoms with Crippen molar-refractivity contribution in [2.45, 2.75) is 25.0 Å². The Labute approximate surface area is 157 Å². The van der Waals surface area contributed by atoms with Crippen molar-refractivity contribution in [1.82, 2.24) is 14.9 Å². The minimum Gasteiger partial charge on any atom is -0.383 e. The van der Waals surface area contributed by atoms with E-state index in [-0.39, 0.29) is 5.91 Å². The number of fused-ring (bicyclic) bond motifs is 1. The molecule has 0 saturated carbocycles. The molecule has 0 aliphatic carbocycles. The topological polar surface area (TPSA) is 95.6 Å². The van der Waals surface area contributed by atoms with Gasteiger partial charge < -0.3 is 20.6 Å². The molecule has 0 bridgehead atoms. The van der Waals surface area contributed by atoms with Gasteiger partial charge in [0, 0.05) is 56.3 Å². The van der Waals surface area contributed by atoms with Gasteiger partial charge in [0.15, 0.2) is 0 Å². The van der Waals surface area contributed by atoms with Crippen LogP contribution in [0.1, 0.15) is 23.2 Å². The number of nitrogens with two attached hydrogens (primary N) is 1. The van der Waals surface area contributed by atoms with Gasteiger partial charge in [-0.1, -0.05) is 17.9 Å². The summed E-state index contributed by atoms with van der Waals surface area (Å²) in [6.45, 7) is 1.99. The molecule has 1 fully saturated rings. The van der Waals surface area contributed by atoms with Crippen molar-refractivity contribution in [3.8, 4) is 11.8 Å². The Kier molecular flexibility index (Phi) is 4.21. The molecule has 1 saturated heterocycles. The maximum absolute atomic E-state index is 12.1. The average Bonchev–Trinajstić information content (AvgIpc) is 2.95. The van der Waals surface area contributed by atoms with Crippen molar-refractivity contribution in [3.63, 3.8) is 0 Å². The van der Waals surface area contributed by atoms with Crippen LogP contribution in [0, 0.1) is 11.8 Å². The maximum Gasteiger partial charge on any atom is 0.267 e. The van der Waals surface area contributed by atoms with Crippen molar-refractivity contribution in [2.24, 2.45) is 0 Å². The number of amides is 1. The van der Waals surface area contributed by atoms with Gasteiger partial charge in [0.05, 0.1) is 5.69 Å². The normalized spacial score (nSPS) is 21.6. The number of nitrogen functional groups attached to an aromatic ring is 1. The standard InChI is InChI=1S/C20H21N5O2/c1-24-10-8-20(27,19(24)26)7-5-14-3-2-4-15(11-14)25-9-6-17-16(12-25)18(21)23-13-22-17/h2-4,11,13,27H,6,8-10,12H2,1H3,(H2,21,22,23)/t20-/m0/s1. The number of likely N-dealkylation sites (tertiary alicyclic amines) is 1. The number of hydrogen-bond donors (Lipinski definition) is 2. The fourth-order valence-electron chi connectivity index (χ4n) is 3.51. The first kappa shape index (κ1) is 17.3. The van der Waals surface area contributed by atoms with E-state index < -0.39 is 5.60 Å². The molecule has 4 rings (SSSR count). The first-order valence-electron chi connectivity index (χ1n) is 8.91. The van der Waals surface area contributed by atoms with E-state index in [4.69, 9.17) is 5.73 Å². The van der Waals surface area contributed by atoms with E-state index in [1.165, 1.54) is 11.2 Å². The number of carbonyl (C=O) groups excluding carboxylic acids is 1. The van der Waals surface area contributed by atoms with Gasteiger partial charge in [0.25, 0.3) is 5.91 Å². The number of hydrogen-bond acceptors (Lipinski definition) is 6. The van der Waals surface area contributed by atoms with E-state index in [1.807, 2.05) is 24.3 Å². The van der Waals surface area contributed by atoms with Gasteiger partial charge in [-0.25, -0.2) is 9.97 Å². The van der Waals surface area contributed by atoms with E-state index in [2.05, 4.69) is 26.7 Å². The summed E-state index contributed by atoms with van der Waals surface area (Å²) in [5.74, 6) is 5.91. The van der Waals surface area contributed by atoms with E-state index in [1.54, 1.807) is 7.05 Å². The van der Waals surface area contributed by atoms with Crippen LogP contribution in [0.3, 0.4) is 0 Å². The lowest BCUT2D eigenvalue weighted by molar-refractivity contribution is -0.137. The molecular weight excluding hydrogens is 342 g/mol. The lowest BCUT2D eigenvalue weighted by Gasteiger charge is -2.30. The highest BCUT2D eigenvalue weighted by Crippen LogP contribution is 2.26. The van der Waals surface area contributed by atoms with E-state index in [9.17, 15) is 9.90 Å². The second kappa shape index (κ2) is 6.56. The Morgan fingerprint density at radius 3 is 2.93 bits per heavy atom. The van der Waals surface area contributed by atoms with Crippen molar-refractivity contribution >= 4 is 17.4 Å². The molecule has 138 valence electrons. The molecule has 2 aliphatic rings. The number of aromatic nitrogens is 2. The molecule has 1 atom stereocenters. The Morgan fingerprint density at radius 2 is 2.15 bits per heavy atom. The van der Waals surface area contributed by atoms with Crippen molar-refractivity contribution in [1.29, 1.82) is 0 Å². The lowest BCUT2D eigenvalue weighted by Crippen LogP contribution is -2.37. The van der Waals surface area contributed by atoms with Gasteiger partial charge in [0.2, 0.25) is 5.60 Å². The fourth-order valence-corrected chi connectivity index (χ4v) is 3.51. The molecule has 0 unspecified atom stereocenters. The monoisotopic (exact) mass is 363 g/mol. The summed E-state index contributed by atoms with van der Waals surface area (Å²) < 4.78 is 0. The van der Waals surface area contributed by atoms with Crippen molar-refractivity contribution in [3.05, 3.63) is 47.4 Å². The Morgan fingerprint density at radius 1 is 1.30 bits per heavy atom. The van der Waals surface area contributed by atoms with Crippen LogP contribution in [0.2, 0.25) is 0 Å². The molecule has 27 heavy (non-hydrogen) atoms. The average molecular weight is 363 g/mol.